The Hall–Kier alpha value is -4.95. The number of benzene rings is 4. The average molecular weight is 608 g/mol. The summed E-state index contributed by atoms with van der Waals surface area (Å²) in [6, 6.07) is 16.1. The number of H-pyrrole nitrogens is 1. The van der Waals surface area contributed by atoms with Crippen LogP contribution in [0.15, 0.2) is 67.1 Å². The lowest BCUT2D eigenvalue weighted by Crippen LogP contribution is -2.18. The highest BCUT2D eigenvalue weighted by Gasteiger charge is 2.20. The molecule has 0 spiro atoms. The van der Waals surface area contributed by atoms with Crippen molar-refractivity contribution in [2.75, 3.05) is 6.54 Å². The van der Waals surface area contributed by atoms with Crippen LogP contribution in [0, 0.1) is 0 Å². The molecular weight excluding hydrogens is 566 g/mol. The molecule has 0 saturated heterocycles. The van der Waals surface area contributed by atoms with Crippen molar-refractivity contribution in [3.8, 4) is 28.7 Å². The fraction of sp³-hybridized carbons (Fsp3) is 0.270. The van der Waals surface area contributed by atoms with Crippen LogP contribution in [-0.4, -0.2) is 42.0 Å². The summed E-state index contributed by atoms with van der Waals surface area (Å²) in [5, 5.41) is 56.7. The van der Waals surface area contributed by atoms with Crippen molar-refractivity contribution in [2.24, 2.45) is 0 Å². The van der Waals surface area contributed by atoms with Crippen molar-refractivity contribution >= 4 is 22.9 Å². The van der Waals surface area contributed by atoms with Gasteiger partial charge in [-0.15, -0.1) is 0 Å². The van der Waals surface area contributed by atoms with Gasteiger partial charge in [0.1, 0.15) is 5.75 Å². The van der Waals surface area contributed by atoms with Gasteiger partial charge in [0.05, 0.1) is 11.7 Å². The number of aromatic hydroxyl groups is 5. The Bertz CT molecular complexity index is 1780. The Labute approximate surface area is 263 Å². The third-order valence-electron chi connectivity index (χ3n) is 8.27. The Morgan fingerprint density at radius 1 is 0.778 bits per heavy atom. The Balaban J connectivity index is 1.42. The number of hydrogen-bond donors (Lipinski definition) is 7. The van der Waals surface area contributed by atoms with E-state index in [1.54, 1.807) is 36.7 Å². The molecule has 0 saturated carbocycles. The lowest BCUT2D eigenvalue weighted by atomic mass is 9.91. The standard InChI is InChI=1S/C37H41N3O5/c1-2-3-4-6-26-19-24(9-13-27(26)21-38-18-17-28-22-39-23-40-28)11-15-31-29(14-10-25-12-16-32(41)34(43)20-25)30-7-5-8-33(42)35(30)37(45)36(31)44/h5,7-10,12-14,16,19-20,22-23,38,41-45H,2-4,6,11,15,17-18,21H2,1H3,(H,39,40). The van der Waals surface area contributed by atoms with Crippen molar-refractivity contribution in [3.63, 3.8) is 0 Å². The molecule has 0 aliphatic rings. The van der Waals surface area contributed by atoms with Crippen LogP contribution in [0.5, 0.6) is 28.7 Å². The van der Waals surface area contributed by atoms with E-state index in [1.165, 1.54) is 35.7 Å². The molecule has 1 aromatic heterocycles. The highest BCUT2D eigenvalue weighted by Crippen LogP contribution is 2.45. The topological polar surface area (TPSA) is 142 Å². The molecule has 7 N–H and O–H groups in total. The summed E-state index contributed by atoms with van der Waals surface area (Å²) in [6.45, 7) is 3.83. The summed E-state index contributed by atoms with van der Waals surface area (Å²) in [7, 11) is 0. The SMILES string of the molecule is CCCCCc1cc(CCc2c(O)c(O)c3c(O)cccc3c2C=Cc2ccc(O)c(O)c2)ccc1CNCCc1cnc[nH]1. The van der Waals surface area contributed by atoms with Gasteiger partial charge in [-0.2, -0.15) is 0 Å². The van der Waals surface area contributed by atoms with E-state index in [1.807, 2.05) is 6.20 Å². The molecule has 0 atom stereocenters. The molecule has 8 heteroatoms. The van der Waals surface area contributed by atoms with Gasteiger partial charge < -0.3 is 35.8 Å². The zero-order valence-corrected chi connectivity index (χ0v) is 25.6. The third kappa shape index (κ3) is 7.59. The third-order valence-corrected chi connectivity index (χ3v) is 8.27. The van der Waals surface area contributed by atoms with E-state index in [4.69, 9.17) is 0 Å². The van der Waals surface area contributed by atoms with Gasteiger partial charge in [-0.1, -0.05) is 68.3 Å². The first-order valence-electron chi connectivity index (χ1n) is 15.5. The first-order chi connectivity index (χ1) is 21.9. The molecule has 0 aliphatic carbocycles. The number of phenolic OH excluding ortho intramolecular Hbond substituents is 5. The summed E-state index contributed by atoms with van der Waals surface area (Å²) in [6.07, 6.45) is 13.5. The number of nitrogens with zero attached hydrogens (tertiary/aromatic N) is 1. The molecular formula is C37H41N3O5. The highest BCUT2D eigenvalue weighted by molar-refractivity contribution is 6.03. The summed E-state index contributed by atoms with van der Waals surface area (Å²) >= 11 is 0. The maximum absolute atomic E-state index is 11.2. The molecule has 5 aromatic rings. The van der Waals surface area contributed by atoms with Crippen LogP contribution in [-0.2, 0) is 32.2 Å². The summed E-state index contributed by atoms with van der Waals surface area (Å²) in [5.41, 5.74) is 6.69. The van der Waals surface area contributed by atoms with Gasteiger partial charge in [-0.05, 0) is 77.1 Å². The van der Waals surface area contributed by atoms with E-state index in [0.717, 1.165) is 50.0 Å². The smallest absolute Gasteiger partial charge is 0.169 e. The van der Waals surface area contributed by atoms with Crippen molar-refractivity contribution in [1.82, 2.24) is 15.3 Å². The number of hydrogen-bond acceptors (Lipinski definition) is 7. The van der Waals surface area contributed by atoms with Crippen LogP contribution in [0.2, 0.25) is 0 Å². The van der Waals surface area contributed by atoms with Gasteiger partial charge in [0.25, 0.3) is 0 Å². The number of phenols is 5. The lowest BCUT2D eigenvalue weighted by Gasteiger charge is -2.17. The minimum atomic E-state index is -0.352. The molecule has 45 heavy (non-hydrogen) atoms. The number of fused-ring (bicyclic) bond motifs is 1. The lowest BCUT2D eigenvalue weighted by molar-refractivity contribution is 0.401. The van der Waals surface area contributed by atoms with E-state index < -0.39 is 0 Å². The largest absolute Gasteiger partial charge is 0.507 e. The Morgan fingerprint density at radius 3 is 2.42 bits per heavy atom. The van der Waals surface area contributed by atoms with Gasteiger partial charge in [0, 0.05) is 37.0 Å². The van der Waals surface area contributed by atoms with Crippen LogP contribution < -0.4 is 5.32 Å². The van der Waals surface area contributed by atoms with E-state index in [-0.39, 0.29) is 34.1 Å². The molecule has 0 amide bonds. The van der Waals surface area contributed by atoms with Crippen LogP contribution in [0.3, 0.4) is 0 Å². The first-order valence-corrected chi connectivity index (χ1v) is 15.5. The summed E-state index contributed by atoms with van der Waals surface area (Å²) in [4.78, 5) is 7.22. The number of imidazole rings is 1. The van der Waals surface area contributed by atoms with E-state index in [2.05, 4.69) is 40.4 Å². The second-order valence-corrected chi connectivity index (χ2v) is 11.4. The fourth-order valence-corrected chi connectivity index (χ4v) is 5.77. The molecule has 0 unspecified atom stereocenters. The zero-order chi connectivity index (χ0) is 31.8. The van der Waals surface area contributed by atoms with Gasteiger partial charge in [-0.3, -0.25) is 0 Å². The molecule has 0 aliphatic heterocycles. The maximum atomic E-state index is 11.2. The number of nitrogens with one attached hydrogen (secondary N) is 2. The number of rotatable bonds is 14. The molecule has 0 fully saturated rings. The zero-order valence-electron chi connectivity index (χ0n) is 25.6. The van der Waals surface area contributed by atoms with Gasteiger partial charge in [-0.25, -0.2) is 4.98 Å². The Kier molecular flexibility index (Phi) is 10.3. The summed E-state index contributed by atoms with van der Waals surface area (Å²) < 4.78 is 0. The predicted octanol–water partition coefficient (Wildman–Crippen LogP) is 7.11. The fourth-order valence-electron chi connectivity index (χ4n) is 5.77. The van der Waals surface area contributed by atoms with Gasteiger partial charge in [0.2, 0.25) is 0 Å². The van der Waals surface area contributed by atoms with Crippen LogP contribution in [0.25, 0.3) is 22.9 Å². The molecule has 8 nitrogen and oxygen atoms in total. The monoisotopic (exact) mass is 607 g/mol. The maximum Gasteiger partial charge on any atom is 0.169 e. The molecule has 5 rings (SSSR count). The van der Waals surface area contributed by atoms with Crippen LogP contribution in [0.4, 0.5) is 0 Å². The van der Waals surface area contributed by atoms with Crippen molar-refractivity contribution in [3.05, 3.63) is 106 Å². The van der Waals surface area contributed by atoms with Gasteiger partial charge >= 0.3 is 0 Å². The number of aromatic amines is 1. The van der Waals surface area contributed by atoms with Crippen molar-refractivity contribution in [2.45, 2.75) is 58.4 Å². The minimum absolute atomic E-state index is 0.130. The highest BCUT2D eigenvalue weighted by atomic mass is 16.3. The second kappa shape index (κ2) is 14.7. The minimum Gasteiger partial charge on any atom is -0.507 e. The molecule has 0 bridgehead atoms. The van der Waals surface area contributed by atoms with Gasteiger partial charge in [0.15, 0.2) is 23.0 Å². The average Bonchev–Trinajstić information content (AvgIpc) is 3.56. The van der Waals surface area contributed by atoms with E-state index >= 15 is 0 Å². The Morgan fingerprint density at radius 2 is 1.64 bits per heavy atom. The molecule has 0 radical (unpaired) electrons. The van der Waals surface area contributed by atoms with Crippen molar-refractivity contribution < 1.29 is 25.5 Å². The summed E-state index contributed by atoms with van der Waals surface area (Å²) in [5.74, 6) is -1.20. The molecule has 234 valence electrons. The number of aryl methyl sites for hydroxylation is 2. The molecule has 1 heterocycles. The van der Waals surface area contributed by atoms with E-state index in [0.29, 0.717) is 34.9 Å². The second-order valence-electron chi connectivity index (χ2n) is 11.4. The van der Waals surface area contributed by atoms with E-state index in [9.17, 15) is 25.5 Å². The quantitative estimate of drug-likeness (QED) is 0.0405. The number of unbranched alkanes of at least 4 members (excludes halogenated alkanes) is 2. The van der Waals surface area contributed by atoms with Crippen LogP contribution >= 0.6 is 0 Å². The van der Waals surface area contributed by atoms with Crippen LogP contribution in [0.1, 0.15) is 65.3 Å². The normalized spacial score (nSPS) is 11.6. The van der Waals surface area contributed by atoms with Crippen molar-refractivity contribution in [1.29, 1.82) is 0 Å². The first kappa shape index (κ1) is 31.5. The molecule has 4 aromatic carbocycles. The predicted molar refractivity (Wildman–Crippen MR) is 179 cm³/mol. The number of aromatic nitrogens is 2.